The third kappa shape index (κ3) is 5.39. The highest BCUT2D eigenvalue weighted by Crippen LogP contribution is 2.26. The van der Waals surface area contributed by atoms with Crippen LogP contribution in [0.3, 0.4) is 0 Å². The molecule has 1 aromatic carbocycles. The summed E-state index contributed by atoms with van der Waals surface area (Å²) in [5.41, 5.74) is 1.70. The van der Waals surface area contributed by atoms with E-state index in [2.05, 4.69) is 51.3 Å². The lowest BCUT2D eigenvalue weighted by Crippen LogP contribution is -2.41. The number of benzene rings is 1. The van der Waals surface area contributed by atoms with E-state index in [4.69, 9.17) is 4.98 Å². The Hall–Kier alpha value is -3.76. The summed E-state index contributed by atoms with van der Waals surface area (Å²) in [5.74, 6) is 0.887. The fraction of sp³-hybridized carbons (Fsp3) is 0.448. The first kappa shape index (κ1) is 26.8. The van der Waals surface area contributed by atoms with Crippen molar-refractivity contribution >= 4 is 28.4 Å². The van der Waals surface area contributed by atoms with Gasteiger partial charge in [0.1, 0.15) is 11.0 Å². The van der Waals surface area contributed by atoms with Gasteiger partial charge in [0.25, 0.3) is 5.56 Å². The highest BCUT2D eigenvalue weighted by Gasteiger charge is 2.23. The lowest BCUT2D eigenvalue weighted by atomic mass is 10.0. The van der Waals surface area contributed by atoms with Crippen LogP contribution in [0.1, 0.15) is 52.3 Å². The first-order valence-electron chi connectivity index (χ1n) is 13.5. The van der Waals surface area contributed by atoms with E-state index in [-0.39, 0.29) is 11.6 Å². The Morgan fingerprint density at radius 1 is 1.05 bits per heavy atom. The SMILES string of the molecule is CC(C)n1c(=O)c2cnc(Nc3ccc(N4CCC(N(C)C)CC4)cc3)nc2n1-c1cccc(C(C)(C)O)n1. The zero-order valence-electron chi connectivity index (χ0n) is 23.6. The number of rotatable bonds is 7. The number of piperidine rings is 1. The number of nitrogens with zero attached hydrogens (tertiary/aromatic N) is 7. The molecule has 0 spiro atoms. The summed E-state index contributed by atoms with van der Waals surface area (Å²) in [4.78, 5) is 31.9. The van der Waals surface area contributed by atoms with Gasteiger partial charge in [-0.3, -0.25) is 4.79 Å². The smallest absolute Gasteiger partial charge is 0.278 e. The van der Waals surface area contributed by atoms with E-state index in [0.717, 1.165) is 31.6 Å². The van der Waals surface area contributed by atoms with Gasteiger partial charge in [0.05, 0.1) is 5.69 Å². The summed E-state index contributed by atoms with van der Waals surface area (Å²) >= 11 is 0. The van der Waals surface area contributed by atoms with Crippen LogP contribution in [0.4, 0.5) is 17.3 Å². The molecule has 0 amide bonds. The van der Waals surface area contributed by atoms with Crippen molar-refractivity contribution in [1.82, 2.24) is 29.2 Å². The summed E-state index contributed by atoms with van der Waals surface area (Å²) in [5, 5.41) is 14.2. The third-order valence-corrected chi connectivity index (χ3v) is 7.37. The van der Waals surface area contributed by atoms with Gasteiger partial charge < -0.3 is 20.2 Å². The second-order valence-electron chi connectivity index (χ2n) is 11.3. The van der Waals surface area contributed by atoms with Gasteiger partial charge in [-0.1, -0.05) is 6.07 Å². The number of nitrogens with one attached hydrogen (secondary N) is 1. The van der Waals surface area contributed by atoms with Crippen molar-refractivity contribution in [1.29, 1.82) is 0 Å². The fourth-order valence-corrected chi connectivity index (χ4v) is 5.15. The minimum Gasteiger partial charge on any atom is -0.384 e. The number of anilines is 3. The standard InChI is InChI=1S/C29H38N8O2/c1-19(2)36-27(38)23-18-30-28(33-26(23)37(36)25-9-7-8-24(32-25)29(3,4)39)31-20-10-12-22(13-11-20)35-16-14-21(15-17-35)34(5)6/h7-13,18-19,21,39H,14-17H2,1-6H3,(H,30,31,33). The highest BCUT2D eigenvalue weighted by atomic mass is 16.3. The molecule has 5 rings (SSSR count). The lowest BCUT2D eigenvalue weighted by molar-refractivity contribution is 0.0738. The number of hydrogen-bond acceptors (Lipinski definition) is 8. The Labute approximate surface area is 228 Å². The van der Waals surface area contributed by atoms with Gasteiger partial charge in [0.15, 0.2) is 11.5 Å². The molecule has 0 bridgehead atoms. The quantitative estimate of drug-likeness (QED) is 0.369. The molecule has 39 heavy (non-hydrogen) atoms. The predicted molar refractivity (Wildman–Crippen MR) is 155 cm³/mol. The van der Waals surface area contributed by atoms with E-state index in [1.54, 1.807) is 35.5 Å². The zero-order chi connectivity index (χ0) is 27.9. The van der Waals surface area contributed by atoms with Crippen LogP contribution in [-0.2, 0) is 5.60 Å². The van der Waals surface area contributed by atoms with Gasteiger partial charge in [-0.15, -0.1) is 0 Å². The molecular formula is C29H38N8O2. The second-order valence-corrected chi connectivity index (χ2v) is 11.3. The molecule has 206 valence electrons. The molecule has 0 unspecified atom stereocenters. The molecule has 4 aromatic rings. The Morgan fingerprint density at radius 3 is 2.36 bits per heavy atom. The molecule has 1 aliphatic rings. The fourth-order valence-electron chi connectivity index (χ4n) is 5.15. The average molecular weight is 531 g/mol. The van der Waals surface area contributed by atoms with Crippen molar-refractivity contribution in [2.75, 3.05) is 37.4 Å². The molecule has 0 aliphatic carbocycles. The van der Waals surface area contributed by atoms with Crippen molar-refractivity contribution in [3.05, 3.63) is 64.7 Å². The minimum atomic E-state index is -1.13. The monoisotopic (exact) mass is 530 g/mol. The van der Waals surface area contributed by atoms with Gasteiger partial charge in [0, 0.05) is 42.7 Å². The third-order valence-electron chi connectivity index (χ3n) is 7.37. The molecule has 10 nitrogen and oxygen atoms in total. The highest BCUT2D eigenvalue weighted by molar-refractivity contribution is 5.77. The first-order chi connectivity index (χ1) is 18.5. The minimum absolute atomic E-state index is 0.147. The van der Waals surface area contributed by atoms with Crippen LogP contribution in [0.5, 0.6) is 0 Å². The lowest BCUT2D eigenvalue weighted by Gasteiger charge is -2.36. The largest absolute Gasteiger partial charge is 0.384 e. The summed E-state index contributed by atoms with van der Waals surface area (Å²) in [6, 6.07) is 14.2. The number of aromatic nitrogens is 5. The van der Waals surface area contributed by atoms with Gasteiger partial charge in [0.2, 0.25) is 5.95 Å². The number of aliphatic hydroxyl groups is 1. The molecular weight excluding hydrogens is 492 g/mol. The van der Waals surface area contributed by atoms with E-state index in [0.29, 0.717) is 34.5 Å². The summed E-state index contributed by atoms with van der Waals surface area (Å²) < 4.78 is 3.33. The van der Waals surface area contributed by atoms with Gasteiger partial charge in [-0.05, 0) is 91.0 Å². The van der Waals surface area contributed by atoms with Crippen LogP contribution in [-0.4, -0.2) is 67.5 Å². The molecule has 4 heterocycles. The van der Waals surface area contributed by atoms with Crippen LogP contribution >= 0.6 is 0 Å². The normalized spacial score (nSPS) is 15.1. The predicted octanol–water partition coefficient (Wildman–Crippen LogP) is 4.06. The van der Waals surface area contributed by atoms with Crippen LogP contribution in [0.25, 0.3) is 16.9 Å². The molecule has 0 saturated carbocycles. The molecule has 1 fully saturated rings. The molecule has 1 saturated heterocycles. The van der Waals surface area contributed by atoms with Crippen molar-refractivity contribution in [3.63, 3.8) is 0 Å². The van der Waals surface area contributed by atoms with Crippen molar-refractivity contribution in [2.24, 2.45) is 0 Å². The van der Waals surface area contributed by atoms with Crippen LogP contribution in [0.2, 0.25) is 0 Å². The van der Waals surface area contributed by atoms with Crippen molar-refractivity contribution < 1.29 is 5.11 Å². The number of pyridine rings is 1. The van der Waals surface area contributed by atoms with Crippen LogP contribution < -0.4 is 15.8 Å². The molecule has 0 radical (unpaired) electrons. The van der Waals surface area contributed by atoms with E-state index >= 15 is 0 Å². The van der Waals surface area contributed by atoms with Gasteiger partial charge in [-0.25, -0.2) is 19.3 Å². The van der Waals surface area contributed by atoms with Crippen molar-refractivity contribution in [3.8, 4) is 5.82 Å². The van der Waals surface area contributed by atoms with E-state index < -0.39 is 5.60 Å². The zero-order valence-corrected chi connectivity index (χ0v) is 23.6. The molecule has 1 aliphatic heterocycles. The number of hydrogen-bond donors (Lipinski definition) is 2. The van der Waals surface area contributed by atoms with E-state index in [1.807, 2.05) is 38.1 Å². The van der Waals surface area contributed by atoms with Crippen LogP contribution in [0, 0.1) is 0 Å². The summed E-state index contributed by atoms with van der Waals surface area (Å²) in [6.07, 6.45) is 3.88. The average Bonchev–Trinajstić information content (AvgIpc) is 3.20. The number of fused-ring (bicyclic) bond motifs is 1. The summed E-state index contributed by atoms with van der Waals surface area (Å²) in [7, 11) is 4.31. The topological polar surface area (TPSA) is 104 Å². The second kappa shape index (κ2) is 10.4. The molecule has 10 heteroatoms. The van der Waals surface area contributed by atoms with Crippen LogP contribution in [0.15, 0.2) is 53.5 Å². The van der Waals surface area contributed by atoms with Gasteiger partial charge in [-0.2, -0.15) is 4.98 Å². The first-order valence-corrected chi connectivity index (χ1v) is 13.5. The maximum atomic E-state index is 13.3. The summed E-state index contributed by atoms with van der Waals surface area (Å²) in [6.45, 7) is 9.33. The maximum Gasteiger partial charge on any atom is 0.278 e. The molecule has 2 N–H and O–H groups in total. The Morgan fingerprint density at radius 2 is 1.74 bits per heavy atom. The Balaban J connectivity index is 1.45. The van der Waals surface area contributed by atoms with E-state index in [1.165, 1.54) is 5.69 Å². The van der Waals surface area contributed by atoms with Crippen molar-refractivity contribution in [2.45, 2.75) is 58.2 Å². The van der Waals surface area contributed by atoms with E-state index in [9.17, 15) is 9.90 Å². The maximum absolute atomic E-state index is 13.3. The molecule has 0 atom stereocenters. The Bertz CT molecular complexity index is 1510. The van der Waals surface area contributed by atoms with Gasteiger partial charge >= 0.3 is 0 Å². The molecule has 3 aromatic heterocycles. The Kier molecular flexibility index (Phi) is 7.17.